The molecule has 0 fully saturated rings. The van der Waals surface area contributed by atoms with Crippen LogP contribution in [0, 0.1) is 0 Å². The van der Waals surface area contributed by atoms with Crippen molar-refractivity contribution < 1.29 is 4.79 Å². The number of hydrogen-bond acceptors (Lipinski definition) is 4. The van der Waals surface area contributed by atoms with Gasteiger partial charge in [-0.05, 0) is 42.8 Å². The van der Waals surface area contributed by atoms with Crippen LogP contribution in [0.1, 0.15) is 22.8 Å². The number of rotatable bonds is 4. The minimum atomic E-state index is -0.202. The van der Waals surface area contributed by atoms with Crippen LogP contribution in [0.2, 0.25) is 0 Å². The van der Waals surface area contributed by atoms with E-state index in [2.05, 4.69) is 15.4 Å². The maximum atomic E-state index is 12.6. The van der Waals surface area contributed by atoms with Crippen molar-refractivity contribution in [2.45, 2.75) is 20.0 Å². The van der Waals surface area contributed by atoms with Crippen LogP contribution < -0.4 is 10.9 Å². The Morgan fingerprint density at radius 3 is 2.77 bits per heavy atom. The minimum Gasteiger partial charge on any atom is -0.348 e. The van der Waals surface area contributed by atoms with Crippen molar-refractivity contribution in [2.24, 2.45) is 0 Å². The quantitative estimate of drug-likeness (QED) is 0.612. The summed E-state index contributed by atoms with van der Waals surface area (Å²) in [5, 5.41) is 7.10. The molecule has 0 atom stereocenters. The topological polar surface area (TPSA) is 81.3 Å². The summed E-state index contributed by atoms with van der Waals surface area (Å²) in [7, 11) is 0. The van der Waals surface area contributed by atoms with E-state index in [9.17, 15) is 9.59 Å². The standard InChI is InChI=1S/C19H17N5O2/c1-2-23-17-10-14(18(25)21-12-13-4-3-8-20-11-13)5-6-15(17)24-16(19(23)26)7-9-22-24/h3-11H,2,12H2,1H3,(H,21,25). The molecular formula is C19H17N5O2. The molecule has 1 N–H and O–H groups in total. The van der Waals surface area contributed by atoms with Gasteiger partial charge in [0.25, 0.3) is 11.5 Å². The Morgan fingerprint density at radius 1 is 1.12 bits per heavy atom. The summed E-state index contributed by atoms with van der Waals surface area (Å²) in [6.07, 6.45) is 5.00. The molecule has 3 aromatic heterocycles. The van der Waals surface area contributed by atoms with Crippen molar-refractivity contribution in [3.63, 3.8) is 0 Å². The van der Waals surface area contributed by atoms with E-state index >= 15 is 0 Å². The van der Waals surface area contributed by atoms with Gasteiger partial charge in [0.15, 0.2) is 0 Å². The van der Waals surface area contributed by atoms with E-state index in [0.29, 0.717) is 29.7 Å². The Balaban J connectivity index is 1.74. The number of aryl methyl sites for hydroxylation is 1. The zero-order chi connectivity index (χ0) is 18.1. The first-order chi connectivity index (χ1) is 12.7. The minimum absolute atomic E-state index is 0.120. The second-order valence-electron chi connectivity index (χ2n) is 5.93. The number of amides is 1. The van der Waals surface area contributed by atoms with E-state index in [1.54, 1.807) is 45.9 Å². The summed E-state index contributed by atoms with van der Waals surface area (Å²) in [5.74, 6) is -0.202. The Bertz CT molecular complexity index is 1160. The summed E-state index contributed by atoms with van der Waals surface area (Å²) in [5.41, 5.74) is 3.29. The maximum absolute atomic E-state index is 12.6. The Kier molecular flexibility index (Phi) is 3.96. The molecule has 0 radical (unpaired) electrons. The highest BCUT2D eigenvalue weighted by molar-refractivity contribution is 5.97. The zero-order valence-electron chi connectivity index (χ0n) is 14.2. The summed E-state index contributed by atoms with van der Waals surface area (Å²) in [4.78, 5) is 29.2. The van der Waals surface area contributed by atoms with Crippen LogP contribution in [-0.2, 0) is 13.1 Å². The number of pyridine rings is 1. The van der Waals surface area contributed by atoms with Gasteiger partial charge in [0, 0.05) is 31.0 Å². The van der Waals surface area contributed by atoms with Gasteiger partial charge in [0.1, 0.15) is 5.52 Å². The highest BCUT2D eigenvalue weighted by Crippen LogP contribution is 2.16. The van der Waals surface area contributed by atoms with Gasteiger partial charge in [-0.3, -0.25) is 14.6 Å². The highest BCUT2D eigenvalue weighted by atomic mass is 16.1. The van der Waals surface area contributed by atoms with E-state index in [1.165, 1.54) is 0 Å². The molecule has 0 aliphatic heterocycles. The van der Waals surface area contributed by atoms with Crippen LogP contribution >= 0.6 is 0 Å². The van der Waals surface area contributed by atoms with Gasteiger partial charge >= 0.3 is 0 Å². The largest absolute Gasteiger partial charge is 0.348 e. The lowest BCUT2D eigenvalue weighted by Gasteiger charge is -2.11. The average molecular weight is 347 g/mol. The fourth-order valence-corrected chi connectivity index (χ4v) is 3.07. The smallest absolute Gasteiger partial charge is 0.277 e. The maximum Gasteiger partial charge on any atom is 0.277 e. The predicted molar refractivity (Wildman–Crippen MR) is 98.0 cm³/mol. The number of aromatic nitrogens is 4. The van der Waals surface area contributed by atoms with Crippen LogP contribution in [0.5, 0.6) is 0 Å². The number of nitrogens with zero attached hydrogens (tertiary/aromatic N) is 4. The SMILES string of the molecule is CCn1c(=O)c2ccnn2c2ccc(C(=O)NCc3cccnc3)cc21. The van der Waals surface area contributed by atoms with Crippen LogP contribution in [0.15, 0.2) is 59.8 Å². The number of carbonyl (C=O) groups excluding carboxylic acids is 1. The zero-order valence-corrected chi connectivity index (χ0v) is 14.2. The summed E-state index contributed by atoms with van der Waals surface area (Å²) in [6, 6.07) is 10.7. The molecule has 0 aliphatic rings. The number of benzene rings is 1. The molecule has 0 saturated heterocycles. The Hall–Kier alpha value is -3.48. The molecule has 1 amide bonds. The Labute approximate surface area is 148 Å². The van der Waals surface area contributed by atoms with Crippen molar-refractivity contribution in [1.82, 2.24) is 24.5 Å². The second kappa shape index (κ2) is 6.44. The van der Waals surface area contributed by atoms with Gasteiger partial charge in [0.05, 0.1) is 17.2 Å². The molecule has 3 heterocycles. The molecule has 4 rings (SSSR count). The lowest BCUT2D eigenvalue weighted by atomic mass is 10.1. The fraction of sp³-hybridized carbons (Fsp3) is 0.158. The third-order valence-corrected chi connectivity index (χ3v) is 4.36. The fourth-order valence-electron chi connectivity index (χ4n) is 3.07. The molecule has 0 aliphatic carbocycles. The Morgan fingerprint density at radius 2 is 2.00 bits per heavy atom. The summed E-state index contributed by atoms with van der Waals surface area (Å²) in [6.45, 7) is 2.81. The van der Waals surface area contributed by atoms with Crippen LogP contribution in [0.4, 0.5) is 0 Å². The number of nitrogens with one attached hydrogen (secondary N) is 1. The lowest BCUT2D eigenvalue weighted by Crippen LogP contribution is -2.25. The van der Waals surface area contributed by atoms with Crippen LogP contribution in [-0.4, -0.2) is 25.1 Å². The molecule has 0 saturated carbocycles. The first kappa shape index (κ1) is 16.0. The summed E-state index contributed by atoms with van der Waals surface area (Å²) >= 11 is 0. The monoisotopic (exact) mass is 347 g/mol. The number of hydrogen-bond donors (Lipinski definition) is 1. The highest BCUT2D eigenvalue weighted by Gasteiger charge is 2.13. The molecule has 7 nitrogen and oxygen atoms in total. The third-order valence-electron chi connectivity index (χ3n) is 4.36. The van der Waals surface area contributed by atoms with Crippen LogP contribution in [0.3, 0.4) is 0 Å². The van der Waals surface area contributed by atoms with Crippen molar-refractivity contribution >= 4 is 22.5 Å². The second-order valence-corrected chi connectivity index (χ2v) is 5.93. The van der Waals surface area contributed by atoms with E-state index in [-0.39, 0.29) is 11.5 Å². The molecule has 1 aromatic carbocycles. The molecule has 26 heavy (non-hydrogen) atoms. The van der Waals surface area contributed by atoms with E-state index in [0.717, 1.165) is 11.1 Å². The molecule has 4 aromatic rings. The normalized spacial score (nSPS) is 11.1. The van der Waals surface area contributed by atoms with Gasteiger partial charge in [-0.25, -0.2) is 4.52 Å². The van der Waals surface area contributed by atoms with Gasteiger partial charge < -0.3 is 9.88 Å². The van der Waals surface area contributed by atoms with Crippen molar-refractivity contribution in [1.29, 1.82) is 0 Å². The first-order valence-corrected chi connectivity index (χ1v) is 8.36. The number of fused-ring (bicyclic) bond motifs is 3. The van der Waals surface area contributed by atoms with E-state index in [1.807, 2.05) is 25.1 Å². The molecular weight excluding hydrogens is 330 g/mol. The first-order valence-electron chi connectivity index (χ1n) is 8.36. The van der Waals surface area contributed by atoms with Gasteiger partial charge in [-0.2, -0.15) is 5.10 Å². The lowest BCUT2D eigenvalue weighted by molar-refractivity contribution is 0.0951. The molecule has 0 unspecified atom stereocenters. The van der Waals surface area contributed by atoms with Gasteiger partial charge in [0.2, 0.25) is 0 Å². The molecule has 0 bridgehead atoms. The van der Waals surface area contributed by atoms with Crippen molar-refractivity contribution in [2.75, 3.05) is 0 Å². The van der Waals surface area contributed by atoms with Crippen molar-refractivity contribution in [3.8, 4) is 0 Å². The van der Waals surface area contributed by atoms with Crippen molar-refractivity contribution in [3.05, 3.63) is 76.5 Å². The van der Waals surface area contributed by atoms with E-state index in [4.69, 9.17) is 0 Å². The van der Waals surface area contributed by atoms with Gasteiger partial charge in [-0.1, -0.05) is 6.07 Å². The molecule has 0 spiro atoms. The molecule has 7 heteroatoms. The number of carbonyl (C=O) groups is 1. The van der Waals surface area contributed by atoms with E-state index < -0.39 is 0 Å². The third kappa shape index (κ3) is 2.63. The molecule has 130 valence electrons. The predicted octanol–water partition coefficient (Wildman–Crippen LogP) is 1.99. The average Bonchev–Trinajstić information content (AvgIpc) is 3.17. The van der Waals surface area contributed by atoms with Gasteiger partial charge in [-0.15, -0.1) is 0 Å². The van der Waals surface area contributed by atoms with Crippen LogP contribution in [0.25, 0.3) is 16.6 Å². The summed E-state index contributed by atoms with van der Waals surface area (Å²) < 4.78 is 3.27.